The van der Waals surface area contributed by atoms with Gasteiger partial charge in [0.1, 0.15) is 0 Å². The molecule has 0 nitrogen and oxygen atoms in total. The van der Waals surface area contributed by atoms with Crippen molar-refractivity contribution < 1.29 is 0 Å². The number of unbranched alkanes of at least 4 members (excludes halogenated alkanes) is 1. The van der Waals surface area contributed by atoms with Crippen LogP contribution in [0.2, 0.25) is 0 Å². The van der Waals surface area contributed by atoms with E-state index in [1.807, 2.05) is 0 Å². The van der Waals surface area contributed by atoms with Crippen LogP contribution in [0.3, 0.4) is 0 Å². The van der Waals surface area contributed by atoms with E-state index in [1.165, 1.54) is 103 Å². The van der Waals surface area contributed by atoms with Gasteiger partial charge in [-0.3, -0.25) is 0 Å². The van der Waals surface area contributed by atoms with Crippen molar-refractivity contribution >= 4 is 0 Å². The van der Waals surface area contributed by atoms with Gasteiger partial charge in [0, 0.05) is 0 Å². The molecule has 0 fully saturated rings. The summed E-state index contributed by atoms with van der Waals surface area (Å²) in [4.78, 5) is 0. The van der Waals surface area contributed by atoms with Crippen molar-refractivity contribution in [3.05, 3.63) is 0 Å². The van der Waals surface area contributed by atoms with Crippen molar-refractivity contribution in [2.45, 2.75) is 166 Å². The van der Waals surface area contributed by atoms with E-state index in [-0.39, 0.29) is 7.43 Å². The van der Waals surface area contributed by atoms with E-state index in [9.17, 15) is 0 Å². The van der Waals surface area contributed by atoms with Crippen LogP contribution in [0.1, 0.15) is 166 Å². The highest BCUT2D eigenvalue weighted by Crippen LogP contribution is 2.24. The predicted octanol–water partition coefficient (Wildman–Crippen LogP) is 11.7. The molecule has 0 heterocycles. The fraction of sp³-hybridized carbons (Fsp3) is 1.00. The van der Waals surface area contributed by atoms with Crippen molar-refractivity contribution in [2.24, 2.45) is 35.5 Å². The second-order valence-corrected chi connectivity index (χ2v) is 12.2. The monoisotopic (exact) mass is 439 g/mol. The molecule has 0 aliphatic carbocycles. The normalized spacial score (nSPS) is 15.7. The molecule has 0 heteroatoms. The fourth-order valence-corrected chi connectivity index (χ4v) is 4.94. The number of rotatable bonds is 21. The van der Waals surface area contributed by atoms with Crippen LogP contribution in [0.4, 0.5) is 0 Å². The Morgan fingerprint density at radius 2 is 0.484 bits per heavy atom. The lowest BCUT2D eigenvalue weighted by Gasteiger charge is -2.16. The largest absolute Gasteiger partial charge is 0.0776 e. The Hall–Kier alpha value is 0. The van der Waals surface area contributed by atoms with E-state index in [0.717, 1.165) is 35.5 Å². The van der Waals surface area contributed by atoms with Gasteiger partial charge in [0.05, 0.1) is 0 Å². The van der Waals surface area contributed by atoms with Crippen LogP contribution >= 0.6 is 0 Å². The molecule has 0 aliphatic heterocycles. The fourth-order valence-electron chi connectivity index (χ4n) is 4.94. The quantitative estimate of drug-likeness (QED) is 0.156. The Labute approximate surface area is 201 Å². The molecule has 0 rings (SSSR count). The third-order valence-electron chi connectivity index (χ3n) is 7.39. The highest BCUT2D eigenvalue weighted by molar-refractivity contribution is 4.62. The molecule has 0 aromatic heterocycles. The van der Waals surface area contributed by atoms with E-state index in [2.05, 4.69) is 55.4 Å². The molecule has 0 saturated heterocycles. The van der Waals surface area contributed by atoms with E-state index in [4.69, 9.17) is 0 Å². The smallest absolute Gasteiger partial charge is 0.0443 e. The second-order valence-electron chi connectivity index (χ2n) is 12.2. The average molecular weight is 439 g/mol. The standard InChI is InChI=1S/C30H62.CH4/c1-25(2)15-11-19-29(7)23-13-21-27(5)17-9-10-18-28(6)22-14-24-30(8)20-12-16-26(3)4;/h25-30H,9-24H2,1-8H3;1H4. The molecular weight excluding hydrogens is 372 g/mol. The maximum atomic E-state index is 2.49. The highest BCUT2D eigenvalue weighted by atomic mass is 14.1. The maximum absolute atomic E-state index is 2.49. The predicted molar refractivity (Wildman–Crippen MR) is 147 cm³/mol. The molecule has 0 aromatic carbocycles. The highest BCUT2D eigenvalue weighted by Gasteiger charge is 2.09. The SMILES string of the molecule is C.CC(C)CCCC(C)CCCC(C)CCCCC(C)CCCC(C)CCCC(C)C. The third kappa shape index (κ3) is 24.5. The molecule has 0 N–H and O–H groups in total. The van der Waals surface area contributed by atoms with Crippen LogP contribution in [0.25, 0.3) is 0 Å². The summed E-state index contributed by atoms with van der Waals surface area (Å²) in [6.45, 7) is 19.3. The van der Waals surface area contributed by atoms with Gasteiger partial charge in [-0.1, -0.05) is 166 Å². The summed E-state index contributed by atoms with van der Waals surface area (Å²) >= 11 is 0. The van der Waals surface area contributed by atoms with Crippen molar-refractivity contribution in [1.82, 2.24) is 0 Å². The van der Waals surface area contributed by atoms with Gasteiger partial charge < -0.3 is 0 Å². The molecule has 0 radical (unpaired) electrons. The molecule has 0 aliphatic rings. The molecule has 0 spiro atoms. The Morgan fingerprint density at radius 1 is 0.290 bits per heavy atom. The van der Waals surface area contributed by atoms with Crippen LogP contribution < -0.4 is 0 Å². The average Bonchev–Trinajstić information content (AvgIpc) is 2.64. The van der Waals surface area contributed by atoms with Gasteiger partial charge in [-0.05, 0) is 35.5 Å². The van der Waals surface area contributed by atoms with Crippen molar-refractivity contribution in [3.8, 4) is 0 Å². The summed E-state index contributed by atoms with van der Waals surface area (Å²) in [6, 6.07) is 0. The first-order valence-corrected chi connectivity index (χ1v) is 14.2. The molecule has 31 heavy (non-hydrogen) atoms. The van der Waals surface area contributed by atoms with Crippen LogP contribution in [0.15, 0.2) is 0 Å². The Balaban J connectivity index is 0. The lowest BCUT2D eigenvalue weighted by Crippen LogP contribution is -2.01. The first-order valence-electron chi connectivity index (χ1n) is 14.2. The molecular formula is C31H66. The Bertz CT molecular complexity index is 308. The zero-order valence-electron chi connectivity index (χ0n) is 22.8. The summed E-state index contributed by atoms with van der Waals surface area (Å²) in [5.41, 5.74) is 0. The van der Waals surface area contributed by atoms with Gasteiger partial charge >= 0.3 is 0 Å². The first-order chi connectivity index (χ1) is 14.2. The summed E-state index contributed by atoms with van der Waals surface area (Å²) in [7, 11) is 0. The van der Waals surface area contributed by atoms with Crippen molar-refractivity contribution in [3.63, 3.8) is 0 Å². The summed E-state index contributed by atoms with van der Waals surface area (Å²) < 4.78 is 0. The lowest BCUT2D eigenvalue weighted by atomic mass is 9.90. The Morgan fingerprint density at radius 3 is 0.710 bits per heavy atom. The van der Waals surface area contributed by atoms with Gasteiger partial charge in [-0.25, -0.2) is 0 Å². The minimum atomic E-state index is 0. The lowest BCUT2D eigenvalue weighted by molar-refractivity contribution is 0.369. The van der Waals surface area contributed by atoms with Gasteiger partial charge in [0.15, 0.2) is 0 Å². The van der Waals surface area contributed by atoms with Gasteiger partial charge in [0.2, 0.25) is 0 Å². The Kier molecular flexibility index (Phi) is 23.4. The number of hydrogen-bond acceptors (Lipinski definition) is 0. The summed E-state index contributed by atoms with van der Waals surface area (Å²) in [5, 5.41) is 0. The molecule has 190 valence electrons. The van der Waals surface area contributed by atoms with E-state index in [1.54, 1.807) is 0 Å². The van der Waals surface area contributed by atoms with Gasteiger partial charge in [0.25, 0.3) is 0 Å². The van der Waals surface area contributed by atoms with Crippen molar-refractivity contribution in [2.75, 3.05) is 0 Å². The molecule has 4 unspecified atom stereocenters. The van der Waals surface area contributed by atoms with Crippen LogP contribution in [-0.4, -0.2) is 0 Å². The van der Waals surface area contributed by atoms with Gasteiger partial charge in [-0.15, -0.1) is 0 Å². The minimum Gasteiger partial charge on any atom is -0.0776 e. The van der Waals surface area contributed by atoms with Crippen molar-refractivity contribution in [1.29, 1.82) is 0 Å². The molecule has 0 saturated carbocycles. The van der Waals surface area contributed by atoms with Crippen LogP contribution in [0.5, 0.6) is 0 Å². The van der Waals surface area contributed by atoms with Crippen LogP contribution in [0, 0.1) is 35.5 Å². The first kappa shape index (κ1) is 33.2. The maximum Gasteiger partial charge on any atom is -0.0443 e. The topological polar surface area (TPSA) is 0 Å². The zero-order chi connectivity index (χ0) is 22.8. The van der Waals surface area contributed by atoms with Gasteiger partial charge in [-0.2, -0.15) is 0 Å². The molecule has 0 aromatic rings. The third-order valence-corrected chi connectivity index (χ3v) is 7.39. The summed E-state index contributed by atoms with van der Waals surface area (Å²) in [6.07, 6.45) is 23.2. The van der Waals surface area contributed by atoms with E-state index >= 15 is 0 Å². The van der Waals surface area contributed by atoms with E-state index in [0.29, 0.717) is 0 Å². The van der Waals surface area contributed by atoms with E-state index < -0.39 is 0 Å². The van der Waals surface area contributed by atoms with Crippen LogP contribution in [-0.2, 0) is 0 Å². The molecule has 0 bridgehead atoms. The summed E-state index contributed by atoms with van der Waals surface area (Å²) in [5.74, 6) is 5.51. The molecule has 0 amide bonds. The second kappa shape index (κ2) is 21.8. The number of hydrogen-bond donors (Lipinski definition) is 0. The zero-order valence-corrected chi connectivity index (χ0v) is 22.8. The minimum absolute atomic E-state index is 0. The molecule has 4 atom stereocenters.